The SMILES string of the molecule is CNS(=O)(=O)CCNC(C)c1ccc2c(c1)NC(=O)CO2. The number of benzene rings is 1. The molecule has 0 aromatic heterocycles. The molecule has 3 N–H and O–H groups in total. The lowest BCUT2D eigenvalue weighted by molar-refractivity contribution is -0.118. The molecule has 1 aliphatic rings. The predicted molar refractivity (Wildman–Crippen MR) is 79.8 cm³/mol. The van der Waals surface area contributed by atoms with Crippen molar-refractivity contribution in [3.8, 4) is 5.75 Å². The number of ether oxygens (including phenoxy) is 1. The molecule has 7 nitrogen and oxygen atoms in total. The topological polar surface area (TPSA) is 96.5 Å². The first-order valence-electron chi connectivity index (χ1n) is 6.62. The Balaban J connectivity index is 1.98. The summed E-state index contributed by atoms with van der Waals surface area (Å²) >= 11 is 0. The molecule has 21 heavy (non-hydrogen) atoms. The van der Waals surface area contributed by atoms with Crippen molar-refractivity contribution in [2.45, 2.75) is 13.0 Å². The van der Waals surface area contributed by atoms with E-state index >= 15 is 0 Å². The maximum atomic E-state index is 11.3. The summed E-state index contributed by atoms with van der Waals surface area (Å²) in [6.45, 7) is 2.30. The van der Waals surface area contributed by atoms with Crippen LogP contribution in [0.15, 0.2) is 18.2 Å². The summed E-state index contributed by atoms with van der Waals surface area (Å²) in [7, 11) is -1.81. The van der Waals surface area contributed by atoms with E-state index < -0.39 is 10.0 Å². The molecule has 1 heterocycles. The zero-order valence-electron chi connectivity index (χ0n) is 12.0. The van der Waals surface area contributed by atoms with Gasteiger partial charge in [0.05, 0.1) is 11.4 Å². The number of fused-ring (bicyclic) bond motifs is 1. The van der Waals surface area contributed by atoms with Crippen LogP contribution in [0.1, 0.15) is 18.5 Å². The van der Waals surface area contributed by atoms with Crippen LogP contribution in [0.2, 0.25) is 0 Å². The molecular formula is C13H19N3O4S. The third-order valence-electron chi connectivity index (χ3n) is 3.27. The lowest BCUT2D eigenvalue weighted by Crippen LogP contribution is -2.31. The minimum absolute atomic E-state index is 0.0125. The van der Waals surface area contributed by atoms with Gasteiger partial charge in [-0.3, -0.25) is 4.79 Å². The van der Waals surface area contributed by atoms with E-state index in [2.05, 4.69) is 15.4 Å². The van der Waals surface area contributed by atoms with E-state index in [0.717, 1.165) is 5.56 Å². The molecule has 1 aliphatic heterocycles. The molecule has 0 aliphatic carbocycles. The first-order valence-corrected chi connectivity index (χ1v) is 8.28. The number of rotatable bonds is 6. The highest BCUT2D eigenvalue weighted by atomic mass is 32.2. The van der Waals surface area contributed by atoms with E-state index in [1.54, 1.807) is 6.07 Å². The second-order valence-corrected chi connectivity index (χ2v) is 6.84. The van der Waals surface area contributed by atoms with Gasteiger partial charge in [0, 0.05) is 12.6 Å². The Kier molecular flexibility index (Phi) is 4.81. The number of amides is 1. The third kappa shape index (κ3) is 4.16. The fraction of sp³-hybridized carbons (Fsp3) is 0.462. The zero-order valence-corrected chi connectivity index (χ0v) is 12.8. The van der Waals surface area contributed by atoms with E-state index in [1.807, 2.05) is 19.1 Å². The average Bonchev–Trinajstić information content (AvgIpc) is 2.46. The van der Waals surface area contributed by atoms with Crippen molar-refractivity contribution >= 4 is 21.6 Å². The average molecular weight is 313 g/mol. The number of hydrogen-bond donors (Lipinski definition) is 3. The van der Waals surface area contributed by atoms with Gasteiger partial charge in [-0.15, -0.1) is 0 Å². The molecule has 1 amide bonds. The number of carbonyl (C=O) groups excluding carboxylic acids is 1. The van der Waals surface area contributed by atoms with Crippen LogP contribution in [0.4, 0.5) is 5.69 Å². The maximum Gasteiger partial charge on any atom is 0.262 e. The monoisotopic (exact) mass is 313 g/mol. The molecule has 8 heteroatoms. The minimum Gasteiger partial charge on any atom is -0.482 e. The van der Waals surface area contributed by atoms with Crippen LogP contribution in [0.25, 0.3) is 0 Å². The Morgan fingerprint density at radius 3 is 2.90 bits per heavy atom. The summed E-state index contributed by atoms with van der Waals surface area (Å²) in [6, 6.07) is 5.48. The maximum absolute atomic E-state index is 11.3. The van der Waals surface area contributed by atoms with Gasteiger partial charge >= 0.3 is 0 Å². The van der Waals surface area contributed by atoms with Crippen LogP contribution >= 0.6 is 0 Å². The molecule has 1 aromatic carbocycles. The number of hydrogen-bond acceptors (Lipinski definition) is 5. The van der Waals surface area contributed by atoms with E-state index in [1.165, 1.54) is 7.05 Å². The second-order valence-electron chi connectivity index (χ2n) is 4.79. The van der Waals surface area contributed by atoms with Crippen LogP contribution in [0, 0.1) is 0 Å². The molecule has 1 unspecified atom stereocenters. The van der Waals surface area contributed by atoms with Gasteiger partial charge in [0.2, 0.25) is 10.0 Å². The number of anilines is 1. The second kappa shape index (κ2) is 6.42. The Hall–Kier alpha value is -1.64. The van der Waals surface area contributed by atoms with Gasteiger partial charge in [0.1, 0.15) is 5.75 Å². The summed E-state index contributed by atoms with van der Waals surface area (Å²) < 4.78 is 30.2. The Bertz CT molecular complexity index is 630. The van der Waals surface area contributed by atoms with Gasteiger partial charge in [0.15, 0.2) is 6.61 Å². The summed E-state index contributed by atoms with van der Waals surface area (Å²) in [5.74, 6) is 0.474. The van der Waals surface area contributed by atoms with Crippen molar-refractivity contribution in [2.75, 3.05) is 31.3 Å². The Morgan fingerprint density at radius 1 is 1.43 bits per heavy atom. The smallest absolute Gasteiger partial charge is 0.262 e. The van der Waals surface area contributed by atoms with Crippen LogP contribution in [0.5, 0.6) is 5.75 Å². The van der Waals surface area contributed by atoms with Crippen molar-refractivity contribution in [1.29, 1.82) is 0 Å². The van der Waals surface area contributed by atoms with Gasteiger partial charge in [-0.25, -0.2) is 13.1 Å². The van der Waals surface area contributed by atoms with E-state index in [9.17, 15) is 13.2 Å². The molecule has 1 atom stereocenters. The summed E-state index contributed by atoms with van der Waals surface area (Å²) in [5.41, 5.74) is 1.58. The van der Waals surface area contributed by atoms with Gasteiger partial charge in [-0.2, -0.15) is 0 Å². The molecule has 2 rings (SSSR count). The standard InChI is InChI=1S/C13H19N3O4S/c1-9(15-5-6-21(18,19)14-2)10-3-4-12-11(7-10)16-13(17)8-20-12/h3-4,7,9,14-15H,5-6,8H2,1-2H3,(H,16,17). The molecule has 0 bridgehead atoms. The third-order valence-corrected chi connectivity index (χ3v) is 4.63. The summed E-state index contributed by atoms with van der Waals surface area (Å²) in [5, 5.41) is 5.88. The highest BCUT2D eigenvalue weighted by Gasteiger charge is 2.17. The van der Waals surface area contributed by atoms with Crippen LogP contribution in [0.3, 0.4) is 0 Å². The molecule has 0 saturated heterocycles. The van der Waals surface area contributed by atoms with Gasteiger partial charge in [0.25, 0.3) is 5.91 Å². The minimum atomic E-state index is -3.21. The summed E-state index contributed by atoms with van der Waals surface area (Å²) in [6.07, 6.45) is 0. The predicted octanol–water partition coefficient (Wildman–Crippen LogP) is 0.217. The van der Waals surface area contributed by atoms with Crippen molar-refractivity contribution < 1.29 is 17.9 Å². The van der Waals surface area contributed by atoms with Gasteiger partial charge in [-0.1, -0.05) is 6.07 Å². The first-order chi connectivity index (χ1) is 9.91. The number of carbonyl (C=O) groups is 1. The highest BCUT2D eigenvalue weighted by molar-refractivity contribution is 7.89. The fourth-order valence-corrected chi connectivity index (χ4v) is 2.59. The van der Waals surface area contributed by atoms with Gasteiger partial charge in [-0.05, 0) is 31.7 Å². The summed E-state index contributed by atoms with van der Waals surface area (Å²) in [4.78, 5) is 11.3. The molecule has 1 aromatic rings. The van der Waals surface area contributed by atoms with Crippen molar-refractivity contribution in [3.05, 3.63) is 23.8 Å². The van der Waals surface area contributed by atoms with Gasteiger partial charge < -0.3 is 15.4 Å². The highest BCUT2D eigenvalue weighted by Crippen LogP contribution is 2.30. The van der Waals surface area contributed by atoms with Crippen LogP contribution in [-0.2, 0) is 14.8 Å². The lowest BCUT2D eigenvalue weighted by atomic mass is 10.1. The fourth-order valence-electron chi connectivity index (χ4n) is 2.00. The van der Waals surface area contributed by atoms with Crippen LogP contribution in [-0.4, -0.2) is 40.3 Å². The van der Waals surface area contributed by atoms with E-state index in [4.69, 9.17) is 4.74 Å². The van der Waals surface area contributed by atoms with Crippen LogP contribution < -0.4 is 20.1 Å². The molecule has 0 spiro atoms. The Labute approximate surface area is 124 Å². The van der Waals surface area contributed by atoms with Crippen molar-refractivity contribution in [2.24, 2.45) is 0 Å². The van der Waals surface area contributed by atoms with E-state index in [-0.39, 0.29) is 24.3 Å². The zero-order chi connectivity index (χ0) is 15.5. The normalized spacial score (nSPS) is 15.8. The quantitative estimate of drug-likeness (QED) is 0.698. The largest absolute Gasteiger partial charge is 0.482 e. The van der Waals surface area contributed by atoms with E-state index in [0.29, 0.717) is 18.0 Å². The first kappa shape index (κ1) is 15.7. The molecule has 0 fully saturated rings. The lowest BCUT2D eigenvalue weighted by Gasteiger charge is -2.21. The molecule has 116 valence electrons. The molecule has 0 radical (unpaired) electrons. The number of sulfonamides is 1. The Morgan fingerprint density at radius 2 is 2.19 bits per heavy atom. The molecular weight excluding hydrogens is 294 g/mol. The van der Waals surface area contributed by atoms with Crippen molar-refractivity contribution in [1.82, 2.24) is 10.0 Å². The van der Waals surface area contributed by atoms with Crippen molar-refractivity contribution in [3.63, 3.8) is 0 Å². The number of nitrogens with one attached hydrogen (secondary N) is 3. The molecule has 0 saturated carbocycles.